The summed E-state index contributed by atoms with van der Waals surface area (Å²) in [5.74, 6) is -0.419. The molecule has 2 aromatic rings. The van der Waals surface area contributed by atoms with E-state index < -0.39 is 5.91 Å². The SMILES string of the molecule is O=C(N=C=S)c1ccc2nccnc2c1. The minimum atomic E-state index is -0.419. The second-order valence-corrected chi connectivity index (χ2v) is 2.95. The molecule has 0 unspecified atom stereocenters. The van der Waals surface area contributed by atoms with Crippen LogP contribution in [-0.2, 0) is 0 Å². The molecule has 1 aromatic heterocycles. The van der Waals surface area contributed by atoms with E-state index in [2.05, 4.69) is 27.2 Å². The van der Waals surface area contributed by atoms with Gasteiger partial charge >= 0.3 is 0 Å². The number of nitrogens with zero attached hydrogens (tertiary/aromatic N) is 3. The molecular weight excluding hydrogens is 210 g/mol. The van der Waals surface area contributed by atoms with E-state index in [-0.39, 0.29) is 0 Å². The van der Waals surface area contributed by atoms with E-state index in [4.69, 9.17) is 0 Å². The van der Waals surface area contributed by atoms with E-state index in [1.807, 2.05) is 5.16 Å². The highest BCUT2D eigenvalue weighted by Crippen LogP contribution is 2.11. The zero-order valence-electron chi connectivity index (χ0n) is 7.54. The fourth-order valence-corrected chi connectivity index (χ4v) is 1.29. The summed E-state index contributed by atoms with van der Waals surface area (Å²) in [4.78, 5) is 22.9. The third kappa shape index (κ3) is 1.93. The molecule has 0 fully saturated rings. The van der Waals surface area contributed by atoms with Gasteiger partial charge in [0.05, 0.1) is 16.2 Å². The minimum Gasteiger partial charge on any atom is -0.266 e. The number of carbonyl (C=O) groups excluding carboxylic acids is 1. The van der Waals surface area contributed by atoms with Crippen LogP contribution in [0.25, 0.3) is 11.0 Å². The van der Waals surface area contributed by atoms with Gasteiger partial charge in [0.1, 0.15) is 0 Å². The van der Waals surface area contributed by atoms with Crippen molar-refractivity contribution < 1.29 is 4.79 Å². The normalized spacial score (nSPS) is 9.60. The van der Waals surface area contributed by atoms with E-state index in [0.29, 0.717) is 11.1 Å². The quantitative estimate of drug-likeness (QED) is 0.538. The predicted octanol–water partition coefficient (Wildman–Crippen LogP) is 1.87. The van der Waals surface area contributed by atoms with Gasteiger partial charge in [0.2, 0.25) is 0 Å². The molecule has 0 aliphatic heterocycles. The highest BCUT2D eigenvalue weighted by atomic mass is 32.1. The van der Waals surface area contributed by atoms with Gasteiger partial charge in [-0.3, -0.25) is 14.8 Å². The topological polar surface area (TPSA) is 55.2 Å². The Labute approximate surface area is 90.7 Å². The Morgan fingerprint density at radius 3 is 2.73 bits per heavy atom. The van der Waals surface area contributed by atoms with Gasteiger partial charge in [-0.15, -0.1) is 0 Å². The van der Waals surface area contributed by atoms with E-state index in [1.54, 1.807) is 30.6 Å². The van der Waals surface area contributed by atoms with Crippen molar-refractivity contribution in [3.8, 4) is 0 Å². The Kier molecular flexibility index (Phi) is 2.58. The van der Waals surface area contributed by atoms with Crippen LogP contribution in [0, 0.1) is 0 Å². The zero-order valence-corrected chi connectivity index (χ0v) is 8.36. The summed E-state index contributed by atoms with van der Waals surface area (Å²) < 4.78 is 0. The first-order valence-corrected chi connectivity index (χ1v) is 4.55. The van der Waals surface area contributed by atoms with Gasteiger partial charge in [0.15, 0.2) is 0 Å². The van der Waals surface area contributed by atoms with Crippen LogP contribution < -0.4 is 0 Å². The second kappa shape index (κ2) is 4.04. The molecule has 0 radical (unpaired) electrons. The van der Waals surface area contributed by atoms with Crippen LogP contribution in [-0.4, -0.2) is 21.0 Å². The fourth-order valence-electron chi connectivity index (χ4n) is 1.20. The third-order valence-corrected chi connectivity index (χ3v) is 1.95. The van der Waals surface area contributed by atoms with Gasteiger partial charge in [-0.25, -0.2) is 0 Å². The van der Waals surface area contributed by atoms with Gasteiger partial charge in [0.25, 0.3) is 5.91 Å². The molecule has 0 aliphatic rings. The molecule has 0 N–H and O–H groups in total. The standard InChI is InChI=1S/C10H5N3OS/c14-10(13-6-15)7-1-2-8-9(5-7)12-4-3-11-8/h1-5H. The molecule has 0 spiro atoms. The lowest BCUT2D eigenvalue weighted by Gasteiger charge is -1.97. The van der Waals surface area contributed by atoms with Crippen molar-refractivity contribution in [2.24, 2.45) is 4.99 Å². The molecule has 0 saturated carbocycles. The smallest absolute Gasteiger partial charge is 0.266 e. The van der Waals surface area contributed by atoms with Crippen molar-refractivity contribution >= 4 is 34.3 Å². The third-order valence-electron chi connectivity index (χ3n) is 1.86. The summed E-state index contributed by atoms with van der Waals surface area (Å²) in [6.45, 7) is 0. The molecular formula is C10H5N3OS. The molecule has 1 aromatic carbocycles. The number of aromatic nitrogens is 2. The van der Waals surface area contributed by atoms with Crippen molar-refractivity contribution in [3.63, 3.8) is 0 Å². The second-order valence-electron chi connectivity index (χ2n) is 2.77. The molecule has 0 saturated heterocycles. The van der Waals surface area contributed by atoms with Gasteiger partial charge < -0.3 is 0 Å². The Bertz CT molecular complexity index is 576. The van der Waals surface area contributed by atoms with Gasteiger partial charge in [-0.2, -0.15) is 4.99 Å². The average molecular weight is 215 g/mol. The van der Waals surface area contributed by atoms with Crippen LogP contribution in [0.3, 0.4) is 0 Å². The van der Waals surface area contributed by atoms with Gasteiger partial charge in [0, 0.05) is 18.0 Å². The monoisotopic (exact) mass is 215 g/mol. The molecule has 0 bridgehead atoms. The molecule has 72 valence electrons. The van der Waals surface area contributed by atoms with Crippen LogP contribution in [0.2, 0.25) is 0 Å². The molecule has 4 nitrogen and oxygen atoms in total. The fraction of sp³-hybridized carbons (Fsp3) is 0. The predicted molar refractivity (Wildman–Crippen MR) is 58.9 cm³/mol. The minimum absolute atomic E-state index is 0.419. The molecule has 0 atom stereocenters. The number of fused-ring (bicyclic) bond motifs is 1. The van der Waals surface area contributed by atoms with Crippen LogP contribution in [0.15, 0.2) is 35.6 Å². The molecule has 5 heteroatoms. The van der Waals surface area contributed by atoms with Crippen LogP contribution in [0.4, 0.5) is 0 Å². The highest BCUT2D eigenvalue weighted by molar-refractivity contribution is 7.78. The Morgan fingerprint density at radius 2 is 2.00 bits per heavy atom. The first-order chi connectivity index (χ1) is 7.31. The van der Waals surface area contributed by atoms with Crippen molar-refractivity contribution in [2.45, 2.75) is 0 Å². The summed E-state index contributed by atoms with van der Waals surface area (Å²) in [5.41, 5.74) is 1.82. The summed E-state index contributed by atoms with van der Waals surface area (Å²) in [5, 5.41) is 2.04. The van der Waals surface area contributed by atoms with E-state index in [1.165, 1.54) is 0 Å². The number of thiocarbonyl (C=S) groups is 1. The summed E-state index contributed by atoms with van der Waals surface area (Å²) in [6.07, 6.45) is 3.16. The number of aliphatic imine (C=N–C) groups is 1. The van der Waals surface area contributed by atoms with Crippen LogP contribution in [0.1, 0.15) is 10.4 Å². The summed E-state index contributed by atoms with van der Waals surface area (Å²) in [7, 11) is 0. The number of benzene rings is 1. The lowest BCUT2D eigenvalue weighted by Crippen LogP contribution is -1.94. The number of hydrogen-bond donors (Lipinski definition) is 0. The number of rotatable bonds is 1. The zero-order chi connectivity index (χ0) is 10.7. The summed E-state index contributed by atoms with van der Waals surface area (Å²) >= 11 is 4.36. The maximum Gasteiger partial charge on any atom is 0.285 e. The number of hydrogen-bond acceptors (Lipinski definition) is 4. The maximum atomic E-state index is 11.3. The molecule has 1 amide bonds. The summed E-state index contributed by atoms with van der Waals surface area (Å²) in [6, 6.07) is 4.98. The van der Waals surface area contributed by atoms with Crippen LogP contribution in [0.5, 0.6) is 0 Å². The van der Waals surface area contributed by atoms with Crippen molar-refractivity contribution in [1.29, 1.82) is 0 Å². The van der Waals surface area contributed by atoms with Gasteiger partial charge in [-0.1, -0.05) is 0 Å². The Hall–Kier alpha value is -1.97. The molecule has 1 heterocycles. The van der Waals surface area contributed by atoms with Crippen molar-refractivity contribution in [2.75, 3.05) is 0 Å². The highest BCUT2D eigenvalue weighted by Gasteiger charge is 2.04. The van der Waals surface area contributed by atoms with Crippen molar-refractivity contribution in [3.05, 3.63) is 36.2 Å². The molecule has 15 heavy (non-hydrogen) atoms. The van der Waals surface area contributed by atoms with Crippen LogP contribution >= 0.6 is 12.2 Å². The molecule has 2 rings (SSSR count). The van der Waals surface area contributed by atoms with Gasteiger partial charge in [-0.05, 0) is 30.4 Å². The maximum absolute atomic E-state index is 11.3. The Balaban J connectivity index is 2.56. The van der Waals surface area contributed by atoms with E-state index in [0.717, 1.165) is 5.52 Å². The molecule has 0 aliphatic carbocycles. The number of carbonyl (C=O) groups is 1. The van der Waals surface area contributed by atoms with E-state index in [9.17, 15) is 4.79 Å². The average Bonchev–Trinajstić information content (AvgIpc) is 2.29. The lowest BCUT2D eigenvalue weighted by molar-refractivity contribution is 0.100. The van der Waals surface area contributed by atoms with E-state index >= 15 is 0 Å². The number of isothiocyanates is 1. The first-order valence-electron chi connectivity index (χ1n) is 4.14. The Morgan fingerprint density at radius 1 is 1.27 bits per heavy atom. The largest absolute Gasteiger partial charge is 0.285 e. The van der Waals surface area contributed by atoms with Crippen molar-refractivity contribution in [1.82, 2.24) is 9.97 Å². The lowest BCUT2D eigenvalue weighted by atomic mass is 10.2. The number of amides is 1. The first kappa shape index (κ1) is 9.58.